The maximum Gasteiger partial charge on any atom is 0.277 e. The highest BCUT2D eigenvalue weighted by Gasteiger charge is 2.21. The van der Waals surface area contributed by atoms with E-state index in [2.05, 4.69) is 15.1 Å². The molecule has 1 N–H and O–H groups in total. The number of aromatic nitrogens is 4. The monoisotopic (exact) mass is 431 g/mol. The second kappa shape index (κ2) is 9.05. The zero-order valence-electron chi connectivity index (χ0n) is 18.3. The Morgan fingerprint density at radius 2 is 1.84 bits per heavy atom. The highest BCUT2D eigenvalue weighted by molar-refractivity contribution is 5.91. The molecule has 0 aliphatic heterocycles. The molecule has 2 heterocycles. The lowest BCUT2D eigenvalue weighted by Gasteiger charge is -2.19. The Kier molecular flexibility index (Phi) is 6.02. The topological polar surface area (TPSA) is 92.6 Å². The van der Waals surface area contributed by atoms with Crippen LogP contribution in [0, 0.1) is 6.92 Å². The lowest BCUT2D eigenvalue weighted by molar-refractivity contribution is -0.118. The van der Waals surface area contributed by atoms with E-state index in [-0.39, 0.29) is 29.7 Å². The summed E-state index contributed by atoms with van der Waals surface area (Å²) < 4.78 is 6.59. The Hall–Kier alpha value is -3.94. The minimum atomic E-state index is -0.222. The lowest BCUT2D eigenvalue weighted by Crippen LogP contribution is -2.31. The molecule has 4 rings (SSSR count). The molecular weight excluding hydrogens is 406 g/mol. The zero-order valence-corrected chi connectivity index (χ0v) is 18.3. The minimum absolute atomic E-state index is 0.124. The van der Waals surface area contributed by atoms with Crippen LogP contribution in [0.25, 0.3) is 5.78 Å². The number of aryl methyl sites for hydroxylation is 1. The van der Waals surface area contributed by atoms with Gasteiger partial charge in [-0.05, 0) is 30.2 Å². The second-order valence-corrected chi connectivity index (χ2v) is 7.51. The first-order valence-corrected chi connectivity index (χ1v) is 10.5. The molecule has 2 aromatic heterocycles. The number of rotatable bonds is 7. The van der Waals surface area contributed by atoms with Gasteiger partial charge in [0.25, 0.3) is 11.3 Å². The molecule has 0 unspecified atom stereocenters. The van der Waals surface area contributed by atoms with Gasteiger partial charge in [-0.15, -0.1) is 0 Å². The number of carbonyl (C=O) groups excluding carboxylic acids is 1. The molecule has 0 saturated heterocycles. The third-order valence-corrected chi connectivity index (χ3v) is 5.34. The first kappa shape index (κ1) is 21.3. The largest absolute Gasteiger partial charge is 0.497 e. The predicted octanol–water partition coefficient (Wildman–Crippen LogP) is 3.27. The molecule has 0 aliphatic carbocycles. The molecule has 0 spiro atoms. The number of nitrogens with one attached hydrogen (secondary N) is 1. The number of H-pyrrole nitrogens is 1. The van der Waals surface area contributed by atoms with Crippen molar-refractivity contribution in [2.45, 2.75) is 33.2 Å². The average Bonchev–Trinajstić information content (AvgIpc) is 3.24. The fourth-order valence-corrected chi connectivity index (χ4v) is 3.59. The highest BCUT2D eigenvalue weighted by atomic mass is 16.5. The molecule has 32 heavy (non-hydrogen) atoms. The summed E-state index contributed by atoms with van der Waals surface area (Å²) in [6, 6.07) is 17.3. The summed E-state index contributed by atoms with van der Waals surface area (Å²) >= 11 is 0. The van der Waals surface area contributed by atoms with Crippen molar-refractivity contribution in [1.29, 1.82) is 0 Å². The summed E-state index contributed by atoms with van der Waals surface area (Å²) in [6.45, 7) is 3.88. The molecule has 0 bridgehead atoms. The number of hydrogen-bond donors (Lipinski definition) is 1. The number of carbonyl (C=O) groups is 1. The van der Waals surface area contributed by atoms with Crippen LogP contribution in [0.5, 0.6) is 5.75 Å². The highest BCUT2D eigenvalue weighted by Crippen LogP contribution is 2.19. The first-order valence-electron chi connectivity index (χ1n) is 10.5. The molecule has 1 amide bonds. The number of ether oxygens (including phenoxy) is 1. The number of aromatic amines is 1. The van der Waals surface area contributed by atoms with Gasteiger partial charge in [-0.3, -0.25) is 19.6 Å². The summed E-state index contributed by atoms with van der Waals surface area (Å²) in [5.41, 5.74) is 2.89. The molecule has 0 aliphatic rings. The Bertz CT molecular complexity index is 1310. The number of nitrogens with zero attached hydrogens (tertiary/aromatic N) is 4. The van der Waals surface area contributed by atoms with Gasteiger partial charge in [-0.1, -0.05) is 49.4 Å². The van der Waals surface area contributed by atoms with E-state index in [1.165, 1.54) is 9.42 Å². The van der Waals surface area contributed by atoms with Crippen LogP contribution in [0.15, 0.2) is 59.4 Å². The molecule has 4 aromatic rings. The van der Waals surface area contributed by atoms with Crippen molar-refractivity contribution in [2.24, 2.45) is 0 Å². The van der Waals surface area contributed by atoms with Gasteiger partial charge in [0.2, 0.25) is 11.9 Å². The number of anilines is 1. The van der Waals surface area contributed by atoms with Crippen LogP contribution in [0.1, 0.15) is 35.7 Å². The molecule has 164 valence electrons. The summed E-state index contributed by atoms with van der Waals surface area (Å²) in [4.78, 5) is 36.4. The molecule has 8 heteroatoms. The molecule has 0 saturated carbocycles. The first-order chi connectivity index (χ1) is 15.5. The molecular formula is C24H25N5O3. The van der Waals surface area contributed by atoms with Crippen molar-refractivity contribution >= 4 is 17.6 Å². The smallest absolute Gasteiger partial charge is 0.277 e. The van der Waals surface area contributed by atoms with Crippen LogP contribution >= 0.6 is 0 Å². The van der Waals surface area contributed by atoms with Crippen LogP contribution in [-0.2, 0) is 17.8 Å². The third-order valence-electron chi connectivity index (χ3n) is 5.34. The van der Waals surface area contributed by atoms with E-state index in [0.29, 0.717) is 29.8 Å². The fourth-order valence-electron chi connectivity index (χ4n) is 3.59. The number of hydrogen-bond acceptors (Lipinski definition) is 5. The van der Waals surface area contributed by atoms with Gasteiger partial charge in [0.15, 0.2) is 0 Å². The minimum Gasteiger partial charge on any atom is -0.497 e. The Morgan fingerprint density at radius 3 is 2.56 bits per heavy atom. The standard InChI is InChI=1S/C24H25N5O3/c1-4-21(30)28(15-18-11-8-12-19(13-18)32-3)24-26-23-25-16(2)20(22(31)29(23)27-24)14-17-9-6-5-7-10-17/h5-13H,4,14-15H2,1-3H3,(H,25,26,27). The van der Waals surface area contributed by atoms with Gasteiger partial charge in [0.05, 0.1) is 19.3 Å². The van der Waals surface area contributed by atoms with E-state index in [1.54, 1.807) is 21.0 Å². The second-order valence-electron chi connectivity index (χ2n) is 7.51. The van der Waals surface area contributed by atoms with Crippen LogP contribution in [0.3, 0.4) is 0 Å². The predicted molar refractivity (Wildman–Crippen MR) is 122 cm³/mol. The van der Waals surface area contributed by atoms with Crippen molar-refractivity contribution in [3.63, 3.8) is 0 Å². The Labute approximate surface area is 185 Å². The summed E-state index contributed by atoms with van der Waals surface area (Å²) in [5.74, 6) is 1.09. The summed E-state index contributed by atoms with van der Waals surface area (Å²) in [7, 11) is 1.60. The molecule has 0 atom stereocenters. The van der Waals surface area contributed by atoms with E-state index in [0.717, 1.165) is 11.1 Å². The number of methoxy groups -OCH3 is 1. The van der Waals surface area contributed by atoms with Crippen LogP contribution in [-0.4, -0.2) is 32.6 Å². The van der Waals surface area contributed by atoms with E-state index < -0.39 is 0 Å². The quantitative estimate of drug-likeness (QED) is 0.485. The number of benzene rings is 2. The van der Waals surface area contributed by atoms with Gasteiger partial charge in [-0.25, -0.2) is 4.98 Å². The average molecular weight is 431 g/mol. The van der Waals surface area contributed by atoms with E-state index >= 15 is 0 Å². The molecule has 8 nitrogen and oxygen atoms in total. The Balaban J connectivity index is 1.73. The molecule has 0 radical (unpaired) electrons. The van der Waals surface area contributed by atoms with E-state index in [9.17, 15) is 9.59 Å². The fraction of sp³-hybridized carbons (Fsp3) is 0.250. The van der Waals surface area contributed by atoms with Gasteiger partial charge in [-0.2, -0.15) is 9.50 Å². The van der Waals surface area contributed by atoms with Crippen LogP contribution in [0.2, 0.25) is 0 Å². The Morgan fingerprint density at radius 1 is 1.09 bits per heavy atom. The van der Waals surface area contributed by atoms with E-state index in [4.69, 9.17) is 4.74 Å². The van der Waals surface area contributed by atoms with Crippen molar-refractivity contribution in [3.05, 3.63) is 87.3 Å². The maximum absolute atomic E-state index is 13.2. The van der Waals surface area contributed by atoms with Crippen molar-refractivity contribution in [3.8, 4) is 5.75 Å². The van der Waals surface area contributed by atoms with Gasteiger partial charge in [0.1, 0.15) is 5.75 Å². The van der Waals surface area contributed by atoms with Crippen LogP contribution < -0.4 is 15.2 Å². The molecule has 0 fully saturated rings. The van der Waals surface area contributed by atoms with Crippen molar-refractivity contribution < 1.29 is 9.53 Å². The van der Waals surface area contributed by atoms with Crippen LogP contribution in [0.4, 0.5) is 5.95 Å². The summed E-state index contributed by atoms with van der Waals surface area (Å²) in [6.07, 6.45) is 0.763. The van der Waals surface area contributed by atoms with E-state index in [1.807, 2.05) is 54.6 Å². The SMILES string of the molecule is CCC(=O)N(Cc1cccc(OC)c1)c1nc2nc(C)c(Cc3ccccc3)c(=O)n2[nH]1. The van der Waals surface area contributed by atoms with Crippen molar-refractivity contribution in [1.82, 2.24) is 19.6 Å². The third kappa shape index (κ3) is 4.25. The van der Waals surface area contributed by atoms with Gasteiger partial charge < -0.3 is 4.74 Å². The normalized spacial score (nSPS) is 11.0. The number of fused-ring (bicyclic) bond motifs is 1. The zero-order chi connectivity index (χ0) is 22.7. The molecule has 2 aromatic carbocycles. The van der Waals surface area contributed by atoms with Gasteiger partial charge in [0, 0.05) is 18.4 Å². The van der Waals surface area contributed by atoms with Gasteiger partial charge >= 0.3 is 0 Å². The van der Waals surface area contributed by atoms with Crippen molar-refractivity contribution in [2.75, 3.05) is 12.0 Å². The summed E-state index contributed by atoms with van der Waals surface area (Å²) in [5, 5.41) is 2.99. The lowest BCUT2D eigenvalue weighted by atomic mass is 10.1. The number of amides is 1. The maximum atomic E-state index is 13.2.